The third kappa shape index (κ3) is 3.86. The molecule has 2 aromatic carbocycles. The number of fused-ring (bicyclic) bond motifs is 1. The van der Waals surface area contributed by atoms with Crippen LogP contribution in [0.1, 0.15) is 31.1 Å². The van der Waals surface area contributed by atoms with Gasteiger partial charge in [0.15, 0.2) is 6.61 Å². The van der Waals surface area contributed by atoms with Crippen LogP contribution < -0.4 is 5.32 Å². The molecule has 0 atom stereocenters. The number of hydrogen-bond donors (Lipinski definition) is 1. The van der Waals surface area contributed by atoms with Crippen LogP contribution in [0.25, 0.3) is 0 Å². The molecule has 7 nitrogen and oxygen atoms in total. The van der Waals surface area contributed by atoms with Gasteiger partial charge in [-0.05, 0) is 46.3 Å². The summed E-state index contributed by atoms with van der Waals surface area (Å²) < 4.78 is 5.70. The van der Waals surface area contributed by atoms with E-state index < -0.39 is 30.3 Å². The minimum absolute atomic E-state index is 0.0778. The third-order valence-electron chi connectivity index (χ3n) is 4.00. The van der Waals surface area contributed by atoms with Gasteiger partial charge in [-0.15, -0.1) is 6.58 Å². The van der Waals surface area contributed by atoms with E-state index in [1.165, 1.54) is 24.3 Å². The number of hydrogen-bond acceptors (Lipinski definition) is 5. The zero-order valence-corrected chi connectivity index (χ0v) is 16.2. The topological polar surface area (TPSA) is 92.8 Å². The molecule has 3 amide bonds. The van der Waals surface area contributed by atoms with Crippen LogP contribution in [0.2, 0.25) is 0 Å². The normalized spacial score (nSPS) is 12.5. The Balaban J connectivity index is 1.65. The molecule has 142 valence electrons. The van der Waals surface area contributed by atoms with E-state index in [4.69, 9.17) is 4.74 Å². The predicted molar refractivity (Wildman–Crippen MR) is 105 cm³/mol. The second-order valence-corrected chi connectivity index (χ2v) is 6.73. The van der Waals surface area contributed by atoms with Gasteiger partial charge in [-0.1, -0.05) is 18.2 Å². The van der Waals surface area contributed by atoms with E-state index >= 15 is 0 Å². The van der Waals surface area contributed by atoms with Crippen molar-refractivity contribution < 1.29 is 23.9 Å². The second kappa shape index (κ2) is 8.18. The molecular weight excluding hydrogens is 428 g/mol. The van der Waals surface area contributed by atoms with Gasteiger partial charge in [0.2, 0.25) is 0 Å². The lowest BCUT2D eigenvalue weighted by Gasteiger charge is -2.09. The van der Waals surface area contributed by atoms with Gasteiger partial charge in [0, 0.05) is 11.0 Å². The highest BCUT2D eigenvalue weighted by Crippen LogP contribution is 2.24. The standard InChI is InChI=1S/C20H15BrN2O5/c1-2-9-23-18(25)13-8-7-12(10-14(13)19(23)26)20(27)28-11-17(24)22-16-6-4-3-5-15(16)21/h2-8,10H,1,9,11H2,(H,22,24). The minimum atomic E-state index is -0.771. The van der Waals surface area contributed by atoms with E-state index in [9.17, 15) is 19.2 Å². The van der Waals surface area contributed by atoms with Crippen LogP contribution in [-0.2, 0) is 9.53 Å². The Kier molecular flexibility index (Phi) is 5.70. The first-order chi connectivity index (χ1) is 13.4. The Bertz CT molecular complexity index is 1000. The van der Waals surface area contributed by atoms with Crippen LogP contribution in [0.3, 0.4) is 0 Å². The van der Waals surface area contributed by atoms with Crippen LogP contribution in [-0.4, -0.2) is 41.7 Å². The highest BCUT2D eigenvalue weighted by Gasteiger charge is 2.35. The average molecular weight is 443 g/mol. The Labute approximate surface area is 169 Å². The number of ether oxygens (including phenoxy) is 1. The summed E-state index contributed by atoms with van der Waals surface area (Å²) in [5.74, 6) is -2.22. The maximum absolute atomic E-state index is 12.3. The molecule has 0 saturated heterocycles. The summed E-state index contributed by atoms with van der Waals surface area (Å²) >= 11 is 3.30. The summed E-state index contributed by atoms with van der Waals surface area (Å²) in [6.45, 7) is 3.11. The van der Waals surface area contributed by atoms with E-state index in [0.717, 1.165) is 4.90 Å². The van der Waals surface area contributed by atoms with Crippen molar-refractivity contribution in [1.29, 1.82) is 0 Å². The molecule has 0 aromatic heterocycles. The molecule has 28 heavy (non-hydrogen) atoms. The van der Waals surface area contributed by atoms with Gasteiger partial charge in [0.25, 0.3) is 17.7 Å². The van der Waals surface area contributed by atoms with Crippen LogP contribution in [0.4, 0.5) is 5.69 Å². The number of para-hydroxylation sites is 1. The number of benzene rings is 2. The summed E-state index contributed by atoms with van der Waals surface area (Å²) in [6.07, 6.45) is 1.44. The Morgan fingerprint density at radius 3 is 2.54 bits per heavy atom. The Morgan fingerprint density at radius 2 is 1.82 bits per heavy atom. The molecule has 2 aromatic rings. The van der Waals surface area contributed by atoms with Gasteiger partial charge in [0.1, 0.15) is 0 Å². The molecule has 0 radical (unpaired) electrons. The molecule has 0 bridgehead atoms. The van der Waals surface area contributed by atoms with Crippen molar-refractivity contribution in [1.82, 2.24) is 4.90 Å². The predicted octanol–water partition coefficient (Wildman–Crippen LogP) is 3.03. The molecule has 1 N–H and O–H groups in total. The highest BCUT2D eigenvalue weighted by molar-refractivity contribution is 9.10. The maximum atomic E-state index is 12.3. The average Bonchev–Trinajstić information content (AvgIpc) is 2.92. The van der Waals surface area contributed by atoms with Gasteiger partial charge in [-0.3, -0.25) is 19.3 Å². The molecular formula is C20H15BrN2O5. The molecule has 0 unspecified atom stereocenters. The van der Waals surface area contributed by atoms with E-state index in [2.05, 4.69) is 27.8 Å². The number of amides is 3. The SMILES string of the molecule is C=CCN1C(=O)c2ccc(C(=O)OCC(=O)Nc3ccccc3Br)cc2C1=O. The Hall–Kier alpha value is -3.26. The van der Waals surface area contributed by atoms with Gasteiger partial charge >= 0.3 is 5.97 Å². The van der Waals surface area contributed by atoms with Crippen molar-refractivity contribution >= 4 is 45.3 Å². The zero-order chi connectivity index (χ0) is 20.3. The minimum Gasteiger partial charge on any atom is -0.452 e. The van der Waals surface area contributed by atoms with E-state index in [1.54, 1.807) is 24.3 Å². The third-order valence-corrected chi connectivity index (χ3v) is 4.69. The monoisotopic (exact) mass is 442 g/mol. The molecule has 0 fully saturated rings. The molecule has 1 aliphatic rings. The van der Waals surface area contributed by atoms with Gasteiger partial charge in [0.05, 0.1) is 22.4 Å². The van der Waals surface area contributed by atoms with Crippen LogP contribution in [0.5, 0.6) is 0 Å². The van der Waals surface area contributed by atoms with Crippen molar-refractivity contribution in [3.63, 3.8) is 0 Å². The molecule has 3 rings (SSSR count). The number of nitrogens with zero attached hydrogens (tertiary/aromatic N) is 1. The lowest BCUT2D eigenvalue weighted by molar-refractivity contribution is -0.119. The summed E-state index contributed by atoms with van der Waals surface area (Å²) in [4.78, 5) is 49.7. The van der Waals surface area contributed by atoms with Crippen LogP contribution >= 0.6 is 15.9 Å². The van der Waals surface area contributed by atoms with Gasteiger partial charge in [-0.25, -0.2) is 4.79 Å². The molecule has 1 heterocycles. The first-order valence-electron chi connectivity index (χ1n) is 8.25. The second-order valence-electron chi connectivity index (χ2n) is 5.87. The number of rotatable bonds is 6. The summed E-state index contributed by atoms with van der Waals surface area (Å²) in [7, 11) is 0. The summed E-state index contributed by atoms with van der Waals surface area (Å²) in [6, 6.07) is 11.1. The Morgan fingerprint density at radius 1 is 1.11 bits per heavy atom. The fraction of sp³-hybridized carbons (Fsp3) is 0.100. The van der Waals surface area contributed by atoms with Gasteiger partial charge in [-0.2, -0.15) is 0 Å². The maximum Gasteiger partial charge on any atom is 0.338 e. The fourth-order valence-electron chi connectivity index (χ4n) is 2.68. The van der Waals surface area contributed by atoms with Crippen molar-refractivity contribution in [2.45, 2.75) is 0 Å². The number of nitrogens with one attached hydrogen (secondary N) is 1. The quantitative estimate of drug-likeness (QED) is 0.421. The lowest BCUT2D eigenvalue weighted by Crippen LogP contribution is -2.29. The van der Waals surface area contributed by atoms with Crippen LogP contribution in [0, 0.1) is 0 Å². The van der Waals surface area contributed by atoms with E-state index in [0.29, 0.717) is 10.2 Å². The molecule has 1 aliphatic heterocycles. The smallest absolute Gasteiger partial charge is 0.338 e. The van der Waals surface area contributed by atoms with Gasteiger partial charge < -0.3 is 10.1 Å². The zero-order valence-electron chi connectivity index (χ0n) is 14.6. The number of anilines is 1. The number of halogens is 1. The number of carbonyl (C=O) groups excluding carboxylic acids is 4. The number of imide groups is 1. The van der Waals surface area contributed by atoms with Crippen molar-refractivity contribution in [3.05, 3.63) is 76.3 Å². The molecule has 0 spiro atoms. The van der Waals surface area contributed by atoms with Crippen LogP contribution in [0.15, 0.2) is 59.6 Å². The lowest BCUT2D eigenvalue weighted by atomic mass is 10.1. The van der Waals surface area contributed by atoms with Crippen molar-refractivity contribution in [2.24, 2.45) is 0 Å². The molecule has 0 saturated carbocycles. The molecule has 8 heteroatoms. The van der Waals surface area contributed by atoms with E-state index in [-0.39, 0.29) is 23.2 Å². The summed E-state index contributed by atoms with van der Waals surface area (Å²) in [5.41, 5.74) is 0.968. The number of carbonyl (C=O) groups is 4. The number of esters is 1. The fourth-order valence-corrected chi connectivity index (χ4v) is 3.06. The first kappa shape index (κ1) is 19.5. The van der Waals surface area contributed by atoms with Crippen molar-refractivity contribution in [2.75, 3.05) is 18.5 Å². The first-order valence-corrected chi connectivity index (χ1v) is 9.04. The largest absolute Gasteiger partial charge is 0.452 e. The summed E-state index contributed by atoms with van der Waals surface area (Å²) in [5, 5.41) is 2.61. The van der Waals surface area contributed by atoms with Crippen molar-refractivity contribution in [3.8, 4) is 0 Å². The van der Waals surface area contributed by atoms with E-state index in [1.807, 2.05) is 0 Å². The highest BCUT2D eigenvalue weighted by atomic mass is 79.9. The molecule has 0 aliphatic carbocycles.